The number of carbonyl (C=O) groups excluding carboxylic acids is 2. The van der Waals surface area contributed by atoms with Crippen LogP contribution in [0.5, 0.6) is 0 Å². The van der Waals surface area contributed by atoms with Crippen molar-refractivity contribution in [2.75, 3.05) is 17.9 Å². The maximum Gasteiger partial charge on any atom is 0.264 e. The molecule has 0 saturated carbocycles. The van der Waals surface area contributed by atoms with E-state index in [9.17, 15) is 22.4 Å². The molecule has 3 aromatic rings. The van der Waals surface area contributed by atoms with E-state index in [0.717, 1.165) is 16.4 Å². The van der Waals surface area contributed by atoms with Gasteiger partial charge in [0.1, 0.15) is 18.4 Å². The fourth-order valence-electron chi connectivity index (χ4n) is 3.73. The van der Waals surface area contributed by atoms with Crippen LogP contribution in [0.1, 0.15) is 18.9 Å². The summed E-state index contributed by atoms with van der Waals surface area (Å²) < 4.78 is 41.7. The number of amides is 2. The Morgan fingerprint density at radius 1 is 0.972 bits per heavy atom. The molecule has 0 aliphatic heterocycles. The van der Waals surface area contributed by atoms with Crippen molar-refractivity contribution in [1.29, 1.82) is 0 Å². The third kappa shape index (κ3) is 6.41. The minimum absolute atomic E-state index is 0.0234. The van der Waals surface area contributed by atoms with Gasteiger partial charge in [-0.05, 0) is 60.5 Å². The quantitative estimate of drug-likeness (QED) is 0.424. The Morgan fingerprint density at radius 3 is 2.14 bits per heavy atom. The largest absolute Gasteiger partial charge is 0.357 e. The van der Waals surface area contributed by atoms with Crippen LogP contribution >= 0.6 is 11.6 Å². The van der Waals surface area contributed by atoms with Crippen LogP contribution in [0.2, 0.25) is 5.02 Å². The SMILES string of the molecule is CCC(C(=O)NC)N(Cc1ccc(Cl)cc1)C(=O)CN(c1ccc(F)cc1)S(=O)(=O)c1ccccc1. The van der Waals surface area contributed by atoms with E-state index in [4.69, 9.17) is 11.6 Å². The molecule has 0 radical (unpaired) electrons. The summed E-state index contributed by atoms with van der Waals surface area (Å²) in [6.45, 7) is 1.23. The number of halogens is 2. The van der Waals surface area contributed by atoms with Gasteiger partial charge in [0, 0.05) is 18.6 Å². The second kappa shape index (κ2) is 12.0. The van der Waals surface area contributed by atoms with Gasteiger partial charge in [-0.1, -0.05) is 48.9 Å². The summed E-state index contributed by atoms with van der Waals surface area (Å²) in [7, 11) is -2.71. The molecule has 0 aliphatic rings. The topological polar surface area (TPSA) is 86.8 Å². The van der Waals surface area contributed by atoms with Gasteiger partial charge in [-0.3, -0.25) is 13.9 Å². The summed E-state index contributed by atoms with van der Waals surface area (Å²) >= 11 is 5.98. The molecule has 1 N–H and O–H groups in total. The van der Waals surface area contributed by atoms with Crippen LogP contribution in [0.15, 0.2) is 83.8 Å². The fourth-order valence-corrected chi connectivity index (χ4v) is 5.29. The zero-order valence-corrected chi connectivity index (χ0v) is 21.5. The normalized spacial score (nSPS) is 12.0. The average molecular weight is 532 g/mol. The molecule has 0 fully saturated rings. The summed E-state index contributed by atoms with van der Waals surface area (Å²) in [6.07, 6.45) is 0.307. The van der Waals surface area contributed by atoms with Crippen LogP contribution in [0, 0.1) is 5.82 Å². The van der Waals surface area contributed by atoms with Gasteiger partial charge in [0.25, 0.3) is 10.0 Å². The number of nitrogens with zero attached hydrogens (tertiary/aromatic N) is 2. The van der Waals surface area contributed by atoms with Crippen LogP contribution in [-0.2, 0) is 26.2 Å². The van der Waals surface area contributed by atoms with Gasteiger partial charge < -0.3 is 10.2 Å². The predicted octanol–water partition coefficient (Wildman–Crippen LogP) is 4.23. The smallest absolute Gasteiger partial charge is 0.264 e. The van der Waals surface area contributed by atoms with E-state index in [1.807, 2.05) is 0 Å². The van der Waals surface area contributed by atoms with Crippen molar-refractivity contribution in [2.24, 2.45) is 0 Å². The summed E-state index contributed by atoms with van der Waals surface area (Å²) in [6, 6.07) is 18.5. The molecule has 2 amide bonds. The second-order valence-corrected chi connectivity index (χ2v) is 10.3. The highest BCUT2D eigenvalue weighted by molar-refractivity contribution is 7.92. The zero-order valence-electron chi connectivity index (χ0n) is 19.9. The van der Waals surface area contributed by atoms with Crippen molar-refractivity contribution in [1.82, 2.24) is 10.2 Å². The molecule has 36 heavy (non-hydrogen) atoms. The van der Waals surface area contributed by atoms with Gasteiger partial charge in [0.05, 0.1) is 10.6 Å². The molecule has 10 heteroatoms. The number of rotatable bonds is 10. The Hall–Kier alpha value is -3.43. The molecular formula is C26H27ClFN3O4S. The van der Waals surface area contributed by atoms with Gasteiger partial charge >= 0.3 is 0 Å². The number of hydrogen-bond donors (Lipinski definition) is 1. The highest BCUT2D eigenvalue weighted by atomic mass is 35.5. The average Bonchev–Trinajstić information content (AvgIpc) is 2.89. The van der Waals surface area contributed by atoms with E-state index >= 15 is 0 Å². The number of nitrogens with one attached hydrogen (secondary N) is 1. The second-order valence-electron chi connectivity index (χ2n) is 7.99. The van der Waals surface area contributed by atoms with E-state index in [1.54, 1.807) is 49.4 Å². The maximum absolute atomic E-state index is 13.7. The van der Waals surface area contributed by atoms with Crippen molar-refractivity contribution in [3.05, 3.63) is 95.3 Å². The van der Waals surface area contributed by atoms with Crippen LogP contribution in [0.3, 0.4) is 0 Å². The van der Waals surface area contributed by atoms with Crippen LogP contribution in [0.4, 0.5) is 10.1 Å². The summed E-state index contributed by atoms with van der Waals surface area (Å²) in [4.78, 5) is 27.7. The zero-order chi connectivity index (χ0) is 26.3. The number of carbonyl (C=O) groups is 2. The van der Waals surface area contributed by atoms with Crippen molar-refractivity contribution in [3.63, 3.8) is 0 Å². The maximum atomic E-state index is 13.7. The number of sulfonamides is 1. The Kier molecular flexibility index (Phi) is 9.06. The molecule has 0 saturated heterocycles. The van der Waals surface area contributed by atoms with Crippen molar-refractivity contribution in [3.8, 4) is 0 Å². The third-order valence-electron chi connectivity index (χ3n) is 5.62. The van der Waals surface area contributed by atoms with Gasteiger partial charge in [-0.15, -0.1) is 0 Å². The molecule has 190 valence electrons. The molecular weight excluding hydrogens is 505 g/mol. The van der Waals surface area contributed by atoms with E-state index in [1.165, 1.54) is 36.2 Å². The fraction of sp³-hybridized carbons (Fsp3) is 0.231. The number of benzene rings is 3. The third-order valence-corrected chi connectivity index (χ3v) is 7.66. The predicted molar refractivity (Wildman–Crippen MR) is 138 cm³/mol. The molecule has 1 atom stereocenters. The van der Waals surface area contributed by atoms with Crippen LogP contribution in [0.25, 0.3) is 0 Å². The molecule has 0 aliphatic carbocycles. The van der Waals surface area contributed by atoms with Gasteiger partial charge in [-0.2, -0.15) is 0 Å². The number of hydrogen-bond acceptors (Lipinski definition) is 4. The molecule has 0 bridgehead atoms. The highest BCUT2D eigenvalue weighted by Gasteiger charge is 2.33. The minimum Gasteiger partial charge on any atom is -0.357 e. The highest BCUT2D eigenvalue weighted by Crippen LogP contribution is 2.25. The standard InChI is InChI=1S/C26H27ClFN3O4S/c1-3-24(26(33)29-2)30(17-19-9-11-20(27)12-10-19)25(32)18-31(22-15-13-21(28)14-16-22)36(34,35)23-7-5-4-6-8-23/h4-16,24H,3,17-18H2,1-2H3,(H,29,33). The van der Waals surface area contributed by atoms with Crippen molar-refractivity contribution in [2.45, 2.75) is 30.8 Å². The molecule has 3 rings (SSSR count). The molecule has 0 spiro atoms. The Bertz CT molecular complexity index is 1290. The monoisotopic (exact) mass is 531 g/mol. The Labute approximate surface area is 215 Å². The van der Waals surface area contributed by atoms with Gasteiger partial charge in [-0.25, -0.2) is 12.8 Å². The first-order valence-electron chi connectivity index (χ1n) is 11.3. The minimum atomic E-state index is -4.19. The molecule has 1 unspecified atom stereocenters. The molecule has 7 nitrogen and oxygen atoms in total. The lowest BCUT2D eigenvalue weighted by molar-refractivity contribution is -0.140. The Balaban J connectivity index is 2.03. The first kappa shape index (κ1) is 27.2. The van der Waals surface area contributed by atoms with E-state index < -0.39 is 34.3 Å². The summed E-state index contributed by atoms with van der Waals surface area (Å²) in [5.74, 6) is -1.51. The lowest BCUT2D eigenvalue weighted by atomic mass is 10.1. The van der Waals surface area contributed by atoms with Crippen LogP contribution < -0.4 is 9.62 Å². The van der Waals surface area contributed by atoms with Crippen LogP contribution in [-0.4, -0.2) is 44.8 Å². The number of anilines is 1. The van der Waals surface area contributed by atoms with Gasteiger partial charge in [0.2, 0.25) is 11.8 Å². The first-order valence-corrected chi connectivity index (χ1v) is 13.1. The van der Waals surface area contributed by atoms with Crippen molar-refractivity contribution >= 4 is 39.1 Å². The van der Waals surface area contributed by atoms with E-state index in [2.05, 4.69) is 5.32 Å². The lowest BCUT2D eigenvalue weighted by Gasteiger charge is -2.33. The number of likely N-dealkylation sites (N-methyl/N-ethyl adjacent to an activating group) is 1. The summed E-state index contributed by atoms with van der Waals surface area (Å²) in [5, 5.41) is 3.09. The van der Waals surface area contributed by atoms with E-state index in [0.29, 0.717) is 17.0 Å². The lowest BCUT2D eigenvalue weighted by Crippen LogP contribution is -2.51. The Morgan fingerprint density at radius 2 is 1.58 bits per heavy atom. The van der Waals surface area contributed by atoms with Gasteiger partial charge in [0.15, 0.2) is 0 Å². The molecule has 0 aromatic heterocycles. The van der Waals surface area contributed by atoms with Crippen molar-refractivity contribution < 1.29 is 22.4 Å². The van der Waals surface area contributed by atoms with E-state index in [-0.39, 0.29) is 23.0 Å². The summed E-state index contributed by atoms with van der Waals surface area (Å²) in [5.41, 5.74) is 0.836. The molecule has 3 aromatic carbocycles. The molecule has 0 heterocycles. The first-order chi connectivity index (χ1) is 17.2.